The number of rotatable bonds is 0. The summed E-state index contributed by atoms with van der Waals surface area (Å²) in [6.45, 7) is 35.9. The van der Waals surface area contributed by atoms with Crippen LogP contribution in [0.15, 0.2) is 47.6 Å². The Labute approximate surface area is 415 Å². The number of aryl methyl sites for hydroxylation is 18. The molecule has 0 fully saturated rings. The molecule has 0 aromatic carbocycles. The SMILES string of the molecule is Cc1cnn(C)c1C.Cc1cnn(C)c1C.Cc1nccnc1C.Cc1ncn(C)c1C.Cc1ncn(C)c1C.Cc1ncsc1C.Cc1nnsc1C.Cc1nonc1C.Cc1nsnc1C. The summed E-state index contributed by atoms with van der Waals surface area (Å²) in [6.07, 6.45) is 10.8. The molecule has 68 heavy (non-hydrogen) atoms. The van der Waals surface area contributed by atoms with Gasteiger partial charge in [-0.1, -0.05) is 14.8 Å². The Morgan fingerprint density at radius 2 is 0.853 bits per heavy atom. The lowest BCUT2D eigenvalue weighted by atomic mass is 10.3. The Kier molecular flexibility index (Phi) is 27.2. The van der Waals surface area contributed by atoms with Crippen LogP contribution in [0.3, 0.4) is 0 Å². The monoisotopic (exact) mass is 988 g/mol. The Hall–Kier alpha value is -6.19. The summed E-state index contributed by atoms with van der Waals surface area (Å²) in [5, 5.41) is 18.9. The maximum atomic E-state index is 4.34. The molecule has 0 aliphatic carbocycles. The van der Waals surface area contributed by atoms with Crippen LogP contribution in [0.5, 0.6) is 0 Å². The van der Waals surface area contributed by atoms with Crippen LogP contribution in [0.2, 0.25) is 0 Å². The number of thiazole rings is 1. The predicted molar refractivity (Wildman–Crippen MR) is 276 cm³/mol. The highest BCUT2D eigenvalue weighted by Gasteiger charge is 1.98. The Balaban J connectivity index is 0.000000383. The van der Waals surface area contributed by atoms with Crippen molar-refractivity contribution in [2.75, 3.05) is 0 Å². The molecule has 0 N–H and O–H groups in total. The summed E-state index contributed by atoms with van der Waals surface area (Å²) < 4.78 is 23.7. The maximum absolute atomic E-state index is 4.34. The van der Waals surface area contributed by atoms with Gasteiger partial charge in [-0.25, -0.2) is 19.6 Å². The Morgan fingerprint density at radius 1 is 0.426 bits per heavy atom. The molecule has 0 aliphatic heterocycles. The van der Waals surface area contributed by atoms with Crippen molar-refractivity contribution in [1.82, 2.24) is 82.3 Å². The summed E-state index contributed by atoms with van der Waals surface area (Å²) in [4.78, 5) is 22.8. The van der Waals surface area contributed by atoms with Crippen molar-refractivity contribution < 1.29 is 4.63 Å². The zero-order valence-corrected chi connectivity index (χ0v) is 46.7. The van der Waals surface area contributed by atoms with E-state index in [0.717, 1.165) is 56.9 Å². The number of hydrogen-bond acceptors (Lipinski definition) is 17. The zero-order chi connectivity index (χ0) is 51.7. The molecule has 9 aromatic rings. The molecule has 0 radical (unpaired) electrons. The minimum Gasteiger partial charge on any atom is -0.338 e. The van der Waals surface area contributed by atoms with E-state index in [-0.39, 0.29) is 0 Å². The van der Waals surface area contributed by atoms with E-state index in [2.05, 4.69) is 117 Å². The third-order valence-corrected chi connectivity index (χ3v) is 13.0. The first kappa shape index (κ1) is 59.8. The van der Waals surface area contributed by atoms with Crippen LogP contribution in [0.1, 0.15) is 101 Å². The lowest BCUT2D eigenvalue weighted by Crippen LogP contribution is -1.91. The van der Waals surface area contributed by atoms with Crippen molar-refractivity contribution >= 4 is 34.6 Å². The molecular formula is C47H73N17OS3. The standard InChI is InChI=1S/4C6H10N2.C6H8N2.C5H7NS.C4H6N2O.2C4H6N2S/c2*1-5-6(2)8(3)4-7-5;2*1-5-4-7-8(3)6(5)2;1-5-6(2)8-4-3-7-5;1-4-5(2)7-3-6-4;1-3-4(2)6-7-5-3;1-3-4(2)7-6-5-3;1-3-4(2)6-7-5-3/h4*4H,1-3H3;3-4H,1-2H3;3H,1-2H3;3*1-2H3. The fourth-order valence-corrected chi connectivity index (χ4v) is 5.70. The van der Waals surface area contributed by atoms with Gasteiger partial charge in [0.15, 0.2) is 0 Å². The zero-order valence-electron chi connectivity index (χ0n) is 44.3. The number of aromatic nitrogens is 17. The van der Waals surface area contributed by atoms with Gasteiger partial charge in [0.2, 0.25) is 0 Å². The summed E-state index contributed by atoms with van der Waals surface area (Å²) in [7, 11) is 7.88. The summed E-state index contributed by atoms with van der Waals surface area (Å²) in [5.41, 5.74) is 19.6. The van der Waals surface area contributed by atoms with Gasteiger partial charge in [0.1, 0.15) is 11.4 Å². The number of hydrogen-bond donors (Lipinski definition) is 0. The second-order valence-electron chi connectivity index (χ2n) is 15.6. The van der Waals surface area contributed by atoms with E-state index in [1.807, 2.05) is 153 Å². The van der Waals surface area contributed by atoms with Crippen molar-refractivity contribution in [3.05, 3.63) is 144 Å². The highest BCUT2D eigenvalue weighted by Crippen LogP contribution is 2.08. The van der Waals surface area contributed by atoms with Crippen molar-refractivity contribution in [2.24, 2.45) is 28.2 Å². The van der Waals surface area contributed by atoms with Crippen LogP contribution in [0, 0.1) is 125 Å². The van der Waals surface area contributed by atoms with Crippen LogP contribution in [-0.4, -0.2) is 82.3 Å². The highest BCUT2D eigenvalue weighted by atomic mass is 32.1. The van der Waals surface area contributed by atoms with Gasteiger partial charge in [0, 0.05) is 73.1 Å². The fourth-order valence-electron chi connectivity index (χ4n) is 4.10. The van der Waals surface area contributed by atoms with Crippen molar-refractivity contribution in [1.29, 1.82) is 0 Å². The van der Waals surface area contributed by atoms with Gasteiger partial charge in [0.05, 0.1) is 87.8 Å². The van der Waals surface area contributed by atoms with Gasteiger partial charge >= 0.3 is 0 Å². The molecule has 0 spiro atoms. The third kappa shape index (κ3) is 22.1. The maximum Gasteiger partial charge on any atom is 0.104 e. The van der Waals surface area contributed by atoms with Gasteiger partial charge in [-0.3, -0.25) is 19.3 Å². The lowest BCUT2D eigenvalue weighted by molar-refractivity contribution is 0.302. The smallest absolute Gasteiger partial charge is 0.104 e. The number of imidazole rings is 2. The first-order chi connectivity index (χ1) is 31.9. The van der Waals surface area contributed by atoms with Gasteiger partial charge in [-0.15, -0.1) is 16.4 Å². The molecule has 21 heteroatoms. The summed E-state index contributed by atoms with van der Waals surface area (Å²) >= 11 is 4.40. The minimum atomic E-state index is 0.861. The molecule has 0 amide bonds. The largest absolute Gasteiger partial charge is 0.338 e. The molecule has 370 valence electrons. The van der Waals surface area contributed by atoms with E-state index in [9.17, 15) is 0 Å². The van der Waals surface area contributed by atoms with Crippen LogP contribution in [0.4, 0.5) is 0 Å². The average molecular weight is 988 g/mol. The van der Waals surface area contributed by atoms with Crippen molar-refractivity contribution in [3.63, 3.8) is 0 Å². The second kappa shape index (κ2) is 31.0. The lowest BCUT2D eigenvalue weighted by Gasteiger charge is -1.91. The molecule has 0 bridgehead atoms. The van der Waals surface area contributed by atoms with E-state index in [1.54, 1.807) is 23.7 Å². The molecule has 0 atom stereocenters. The van der Waals surface area contributed by atoms with Crippen molar-refractivity contribution in [3.8, 4) is 0 Å². The predicted octanol–water partition coefficient (Wildman–Crippen LogP) is 10.00. The first-order valence-electron chi connectivity index (χ1n) is 21.6. The molecule has 18 nitrogen and oxygen atoms in total. The Morgan fingerprint density at radius 3 is 0.971 bits per heavy atom. The van der Waals surface area contributed by atoms with Gasteiger partial charge in [-0.2, -0.15) is 18.9 Å². The van der Waals surface area contributed by atoms with E-state index in [0.29, 0.717) is 0 Å². The molecular weight excluding hydrogens is 915 g/mol. The number of nitrogens with zero attached hydrogens (tertiary/aromatic N) is 17. The molecule has 0 saturated carbocycles. The third-order valence-electron chi connectivity index (χ3n) is 10.7. The molecule has 0 unspecified atom stereocenters. The van der Waals surface area contributed by atoms with E-state index < -0.39 is 0 Å². The van der Waals surface area contributed by atoms with Gasteiger partial charge < -0.3 is 9.13 Å². The van der Waals surface area contributed by atoms with Crippen LogP contribution in [0.25, 0.3) is 0 Å². The summed E-state index contributed by atoms with van der Waals surface area (Å²) in [5.74, 6) is 0. The van der Waals surface area contributed by atoms with Gasteiger partial charge in [-0.05, 0) is 147 Å². The van der Waals surface area contributed by atoms with Crippen LogP contribution < -0.4 is 0 Å². The molecule has 9 heterocycles. The first-order valence-corrected chi connectivity index (χ1v) is 23.9. The molecule has 9 rings (SSSR count). The minimum absolute atomic E-state index is 0.861. The molecule has 0 aliphatic rings. The second-order valence-corrected chi connectivity index (χ2v) is 18.2. The Bertz CT molecular complexity index is 2270. The normalized spacial score (nSPS) is 9.62. The van der Waals surface area contributed by atoms with E-state index in [4.69, 9.17) is 0 Å². The molecule has 9 aromatic heterocycles. The topological polar surface area (TPSA) is 200 Å². The van der Waals surface area contributed by atoms with Crippen molar-refractivity contribution in [2.45, 2.75) is 125 Å². The van der Waals surface area contributed by atoms with Gasteiger partial charge in [0.25, 0.3) is 0 Å². The van der Waals surface area contributed by atoms with Crippen LogP contribution in [-0.2, 0) is 28.2 Å². The van der Waals surface area contributed by atoms with E-state index in [1.165, 1.54) is 66.9 Å². The summed E-state index contributed by atoms with van der Waals surface area (Å²) in [6, 6.07) is 0. The average Bonchev–Trinajstić information content (AvgIpc) is 4.24. The fraction of sp³-hybridized carbons (Fsp3) is 0.468. The van der Waals surface area contributed by atoms with Crippen LogP contribution >= 0.6 is 34.6 Å². The van der Waals surface area contributed by atoms with E-state index >= 15 is 0 Å². The quantitative estimate of drug-likeness (QED) is 0.139. The highest BCUT2D eigenvalue weighted by molar-refractivity contribution is 7.09. The molecule has 0 saturated heterocycles.